The van der Waals surface area contributed by atoms with Crippen molar-refractivity contribution >= 4 is 44.9 Å². The van der Waals surface area contributed by atoms with Gasteiger partial charge in [-0.25, -0.2) is 4.98 Å². The van der Waals surface area contributed by atoms with Crippen molar-refractivity contribution in [3.8, 4) is 0 Å². The van der Waals surface area contributed by atoms with Crippen molar-refractivity contribution in [2.75, 3.05) is 17.1 Å². The lowest BCUT2D eigenvalue weighted by atomic mass is 10.1. The predicted molar refractivity (Wildman–Crippen MR) is 144 cm³/mol. The zero-order valence-electron chi connectivity index (χ0n) is 21.7. The van der Waals surface area contributed by atoms with E-state index in [4.69, 9.17) is 22.1 Å². The van der Waals surface area contributed by atoms with Crippen LogP contribution in [0, 0.1) is 0 Å². The Bertz CT molecular complexity index is 1470. The summed E-state index contributed by atoms with van der Waals surface area (Å²) in [6.07, 6.45) is 2.60. The molecule has 9 nitrogen and oxygen atoms in total. The monoisotopic (exact) mass is 600 g/mol. The summed E-state index contributed by atoms with van der Waals surface area (Å²) in [7, 11) is -4.84. The molecule has 0 aliphatic carbocycles. The zero-order chi connectivity index (χ0) is 29.7. The van der Waals surface area contributed by atoms with Crippen LogP contribution in [0.15, 0.2) is 48.5 Å². The molecular weight excluding hydrogens is 573 g/mol. The Kier molecular flexibility index (Phi) is 9.85. The summed E-state index contributed by atoms with van der Waals surface area (Å²) < 4.78 is 71.9. The third kappa shape index (κ3) is 6.76. The maximum Gasteiger partial charge on any atom is 0.517 e. The van der Waals surface area contributed by atoms with Crippen LogP contribution >= 0.6 is 11.6 Å². The lowest BCUT2D eigenvalue weighted by molar-refractivity contribution is -0.140. The van der Waals surface area contributed by atoms with Gasteiger partial charge in [0.05, 0.1) is 30.5 Å². The number of imidazole rings is 1. The van der Waals surface area contributed by atoms with E-state index >= 15 is 0 Å². The SMILES string of the molecule is CCCCc1nc(Cl)c(CCC(=O)OC)n1Cc1ccc(N(C(=O)c2ccccc2N)S(=O)(=O)C(F)(F)F)cc1. The number of hydrogen-bond donors (Lipinski definition) is 1. The van der Waals surface area contributed by atoms with E-state index in [2.05, 4.69) is 4.98 Å². The standard InChI is InChI=1S/C26H28ClF3N4O5S/c1-3-4-9-22-32-24(27)21(14-15-23(35)39-2)33(22)16-17-10-12-18(13-11-17)34(40(37,38)26(28,29)30)25(36)19-7-5-6-8-20(19)31/h5-8,10-13H,3-4,9,14-16,31H2,1-2H3. The summed E-state index contributed by atoms with van der Waals surface area (Å²) in [5.41, 5.74) is 0.0424. The van der Waals surface area contributed by atoms with Crippen LogP contribution in [0.1, 0.15) is 53.6 Å². The number of unbranched alkanes of at least 4 members (excludes halogenated alkanes) is 1. The fraction of sp³-hybridized carbons (Fsp3) is 0.346. The van der Waals surface area contributed by atoms with Crippen molar-refractivity contribution in [3.63, 3.8) is 0 Å². The Morgan fingerprint density at radius 3 is 2.33 bits per heavy atom. The molecular formula is C26H28ClF3N4O5S. The first kappa shape index (κ1) is 31.0. The van der Waals surface area contributed by atoms with E-state index in [1.54, 1.807) is 0 Å². The number of ether oxygens (including phenoxy) is 1. The van der Waals surface area contributed by atoms with Gasteiger partial charge >= 0.3 is 21.5 Å². The highest BCUT2D eigenvalue weighted by Crippen LogP contribution is 2.33. The van der Waals surface area contributed by atoms with Crippen molar-refractivity contribution in [2.24, 2.45) is 0 Å². The summed E-state index contributed by atoms with van der Waals surface area (Å²) in [6, 6.07) is 10.2. The van der Waals surface area contributed by atoms with Gasteiger partial charge in [0.1, 0.15) is 5.82 Å². The second-order valence-corrected chi connectivity index (χ2v) is 10.9. The van der Waals surface area contributed by atoms with Crippen molar-refractivity contribution < 1.29 is 35.9 Å². The zero-order valence-corrected chi connectivity index (χ0v) is 23.3. The third-order valence-electron chi connectivity index (χ3n) is 6.07. The number of anilines is 2. The summed E-state index contributed by atoms with van der Waals surface area (Å²) in [6.45, 7) is 2.19. The van der Waals surface area contributed by atoms with E-state index in [0.717, 1.165) is 31.0 Å². The molecule has 40 heavy (non-hydrogen) atoms. The molecule has 0 saturated carbocycles. The summed E-state index contributed by atoms with van der Waals surface area (Å²) in [5.74, 6) is -1.22. The van der Waals surface area contributed by atoms with E-state index in [1.807, 2.05) is 11.5 Å². The number of hydrogen-bond acceptors (Lipinski definition) is 7. The number of nitrogens with zero attached hydrogens (tertiary/aromatic N) is 3. The molecule has 0 aliphatic rings. The lowest BCUT2D eigenvalue weighted by Crippen LogP contribution is -2.44. The highest BCUT2D eigenvalue weighted by molar-refractivity contribution is 7.94. The number of rotatable bonds is 11. The quantitative estimate of drug-likeness (QED) is 0.239. The summed E-state index contributed by atoms with van der Waals surface area (Å²) >= 11 is 6.38. The molecule has 0 atom stereocenters. The Balaban J connectivity index is 2.01. The van der Waals surface area contributed by atoms with Gasteiger partial charge in [-0.15, -0.1) is 0 Å². The van der Waals surface area contributed by atoms with E-state index < -0.39 is 38.7 Å². The molecule has 216 valence electrons. The Hall–Kier alpha value is -3.58. The largest absolute Gasteiger partial charge is 0.517 e. The molecule has 0 aliphatic heterocycles. The molecule has 14 heteroatoms. The number of aryl methyl sites for hydroxylation is 1. The predicted octanol–water partition coefficient (Wildman–Crippen LogP) is 5.11. The number of amides is 1. The van der Waals surface area contributed by atoms with E-state index in [0.29, 0.717) is 23.5 Å². The lowest BCUT2D eigenvalue weighted by Gasteiger charge is -2.24. The molecule has 0 spiro atoms. The molecule has 0 fully saturated rings. The van der Waals surface area contributed by atoms with Crippen LogP contribution in [0.4, 0.5) is 24.5 Å². The normalized spacial score (nSPS) is 11.8. The van der Waals surface area contributed by atoms with E-state index in [9.17, 15) is 31.2 Å². The van der Waals surface area contributed by atoms with Gasteiger partial charge < -0.3 is 15.0 Å². The van der Waals surface area contributed by atoms with Gasteiger partial charge in [-0.3, -0.25) is 9.59 Å². The molecule has 3 rings (SSSR count). The van der Waals surface area contributed by atoms with Gasteiger partial charge in [0.25, 0.3) is 5.91 Å². The smallest absolute Gasteiger partial charge is 0.469 e. The molecule has 0 unspecified atom stereocenters. The number of alkyl halides is 3. The van der Waals surface area contributed by atoms with Gasteiger partial charge in [0, 0.05) is 25.1 Å². The minimum Gasteiger partial charge on any atom is -0.469 e. The second-order valence-electron chi connectivity index (χ2n) is 8.81. The number of aromatic nitrogens is 2. The van der Waals surface area contributed by atoms with Crippen LogP contribution in [0.2, 0.25) is 5.15 Å². The Morgan fingerprint density at radius 2 is 1.75 bits per heavy atom. The first-order valence-electron chi connectivity index (χ1n) is 12.2. The van der Waals surface area contributed by atoms with E-state index in [1.165, 1.54) is 37.4 Å². The number of halogens is 4. The highest BCUT2D eigenvalue weighted by Gasteiger charge is 2.52. The number of benzene rings is 2. The van der Waals surface area contributed by atoms with Crippen LogP contribution in [0.3, 0.4) is 0 Å². The molecule has 0 saturated heterocycles. The topological polar surface area (TPSA) is 125 Å². The summed E-state index contributed by atoms with van der Waals surface area (Å²) in [5, 5.41) is 0.222. The van der Waals surface area contributed by atoms with Crippen LogP contribution in [-0.2, 0) is 38.9 Å². The van der Waals surface area contributed by atoms with Gasteiger partial charge in [0.2, 0.25) is 0 Å². The number of sulfonamides is 1. The Morgan fingerprint density at radius 1 is 1.10 bits per heavy atom. The summed E-state index contributed by atoms with van der Waals surface area (Å²) in [4.78, 5) is 29.2. The van der Waals surface area contributed by atoms with Gasteiger partial charge in [0.15, 0.2) is 5.15 Å². The maximum absolute atomic E-state index is 13.6. The van der Waals surface area contributed by atoms with E-state index in [-0.39, 0.29) is 34.5 Å². The number of carbonyl (C=O) groups is 2. The van der Waals surface area contributed by atoms with Crippen LogP contribution in [-0.4, -0.2) is 42.5 Å². The van der Waals surface area contributed by atoms with Crippen molar-refractivity contribution in [3.05, 3.63) is 76.3 Å². The maximum atomic E-state index is 13.6. The van der Waals surface area contributed by atoms with Crippen molar-refractivity contribution in [1.29, 1.82) is 0 Å². The van der Waals surface area contributed by atoms with Crippen molar-refractivity contribution in [1.82, 2.24) is 9.55 Å². The third-order valence-corrected chi connectivity index (χ3v) is 7.82. The number of carbonyl (C=O) groups excluding carboxylic acids is 2. The molecule has 2 N–H and O–H groups in total. The molecule has 1 heterocycles. The molecule has 1 aromatic heterocycles. The number of nitrogens with two attached hydrogens (primary N) is 1. The number of para-hydroxylation sites is 1. The number of methoxy groups -OCH3 is 1. The van der Waals surface area contributed by atoms with Gasteiger partial charge in [-0.05, 0) is 36.2 Å². The minimum atomic E-state index is -6.11. The van der Waals surface area contributed by atoms with Crippen LogP contribution in [0.5, 0.6) is 0 Å². The van der Waals surface area contributed by atoms with Crippen LogP contribution in [0.25, 0.3) is 0 Å². The average molecular weight is 601 g/mol. The van der Waals surface area contributed by atoms with Gasteiger partial charge in [-0.1, -0.05) is 49.2 Å². The number of esters is 1. The average Bonchev–Trinajstić information content (AvgIpc) is 3.19. The van der Waals surface area contributed by atoms with Crippen molar-refractivity contribution in [2.45, 2.75) is 51.1 Å². The molecule has 0 radical (unpaired) electrons. The molecule has 2 aromatic carbocycles. The fourth-order valence-corrected chi connectivity index (χ4v) is 5.18. The first-order valence-corrected chi connectivity index (χ1v) is 14.0. The fourth-order valence-electron chi connectivity index (χ4n) is 3.97. The second kappa shape index (κ2) is 12.7. The molecule has 0 bridgehead atoms. The number of nitrogen functional groups attached to an aromatic ring is 1. The highest BCUT2D eigenvalue weighted by atomic mass is 35.5. The minimum absolute atomic E-state index is 0.0586. The van der Waals surface area contributed by atoms with Gasteiger partial charge in [-0.2, -0.15) is 25.9 Å². The first-order chi connectivity index (χ1) is 18.8. The Labute approximate surface area is 234 Å². The van der Waals surface area contributed by atoms with Crippen LogP contribution < -0.4 is 10.0 Å². The molecule has 1 amide bonds. The molecule has 3 aromatic rings.